The number of hydrogen-bond acceptors (Lipinski definition) is 8. The maximum absolute atomic E-state index is 13.4. The number of ether oxygens (including phenoxy) is 1. The van der Waals surface area contributed by atoms with Crippen LogP contribution in [-0.2, 0) is 19.4 Å². The lowest BCUT2D eigenvalue weighted by Gasteiger charge is -2.41. The molecule has 2 N–H and O–H groups in total. The molecule has 0 aliphatic carbocycles. The fourth-order valence-corrected chi connectivity index (χ4v) is 6.51. The number of hydroxylamine groups is 1. The number of sulfone groups is 1. The molecule has 0 atom stereocenters. The van der Waals surface area contributed by atoms with Crippen LogP contribution in [0.25, 0.3) is 0 Å². The molecule has 2 saturated heterocycles. The number of nitrogens with zero attached hydrogens (tertiary/aromatic N) is 3. The first-order chi connectivity index (χ1) is 16.7. The summed E-state index contributed by atoms with van der Waals surface area (Å²) < 4.78 is 32.4. The Labute approximate surface area is 207 Å². The van der Waals surface area contributed by atoms with Gasteiger partial charge in [0.15, 0.2) is 9.84 Å². The lowest BCUT2D eigenvalue weighted by Crippen LogP contribution is -2.54. The number of likely N-dealkylation sites (N-methyl/N-ethyl adjacent to an activating group) is 1. The van der Waals surface area contributed by atoms with Crippen LogP contribution in [0.15, 0.2) is 29.2 Å². The summed E-state index contributed by atoms with van der Waals surface area (Å²) >= 11 is 0. The van der Waals surface area contributed by atoms with Crippen molar-refractivity contribution in [1.82, 2.24) is 20.2 Å². The van der Waals surface area contributed by atoms with E-state index in [0.717, 1.165) is 26.2 Å². The highest BCUT2D eigenvalue weighted by Crippen LogP contribution is 2.37. The standard InChI is InChI=1S/C24H34N4O6S/c1-3-4-17-34-20-7-5-6-8-21(20)35(32,33)19-24(23(30)25-31)9-11-28(12-10-24)22(29)18-27-15-13-26(2)14-16-27/h5-8,31H,9-19H2,1-2H3,(H,25,30). The lowest BCUT2D eigenvalue weighted by atomic mass is 9.79. The molecule has 0 unspecified atom stereocenters. The van der Waals surface area contributed by atoms with Gasteiger partial charge in [-0.05, 0) is 38.9 Å². The molecular weight excluding hydrogens is 472 g/mol. The zero-order valence-corrected chi connectivity index (χ0v) is 21.1. The monoisotopic (exact) mass is 506 g/mol. The molecule has 0 bridgehead atoms. The number of carbonyl (C=O) groups excluding carboxylic acids is 2. The smallest absolute Gasteiger partial charge is 0.250 e. The maximum Gasteiger partial charge on any atom is 0.250 e. The van der Waals surface area contributed by atoms with Gasteiger partial charge in [0, 0.05) is 39.3 Å². The molecule has 0 saturated carbocycles. The number of piperidine rings is 1. The Kier molecular flexibility index (Phi) is 9.13. The number of amides is 2. The van der Waals surface area contributed by atoms with Gasteiger partial charge < -0.3 is 14.5 Å². The second kappa shape index (κ2) is 11.9. The van der Waals surface area contributed by atoms with Crippen LogP contribution < -0.4 is 10.2 Å². The minimum atomic E-state index is -3.97. The van der Waals surface area contributed by atoms with Crippen LogP contribution in [0.2, 0.25) is 0 Å². The third-order valence-corrected chi connectivity index (χ3v) is 8.68. The molecule has 10 nitrogen and oxygen atoms in total. The molecule has 0 spiro atoms. The van der Waals surface area contributed by atoms with E-state index in [-0.39, 0.29) is 49.1 Å². The molecule has 1 aromatic carbocycles. The molecule has 1 aromatic rings. The Balaban J connectivity index is 1.71. The minimum Gasteiger partial charge on any atom is -0.480 e. The molecule has 2 amide bonds. The van der Waals surface area contributed by atoms with E-state index in [4.69, 9.17) is 4.74 Å². The van der Waals surface area contributed by atoms with Gasteiger partial charge in [0.1, 0.15) is 17.3 Å². The zero-order chi connectivity index (χ0) is 25.5. The summed E-state index contributed by atoms with van der Waals surface area (Å²) in [7, 11) is -1.92. The number of piperazine rings is 1. The number of rotatable bonds is 8. The number of para-hydroxylation sites is 1. The largest absolute Gasteiger partial charge is 0.480 e. The first-order valence-corrected chi connectivity index (χ1v) is 13.3. The van der Waals surface area contributed by atoms with E-state index in [1.807, 2.05) is 7.05 Å². The molecule has 0 aromatic heterocycles. The number of nitrogens with one attached hydrogen (secondary N) is 1. The van der Waals surface area contributed by atoms with E-state index in [9.17, 15) is 23.2 Å². The van der Waals surface area contributed by atoms with E-state index in [1.165, 1.54) is 6.07 Å². The van der Waals surface area contributed by atoms with Crippen molar-refractivity contribution in [3.63, 3.8) is 0 Å². The third kappa shape index (κ3) is 6.73. The summed E-state index contributed by atoms with van der Waals surface area (Å²) in [5, 5.41) is 9.40. The summed E-state index contributed by atoms with van der Waals surface area (Å²) in [6.07, 6.45) is 0.245. The van der Waals surface area contributed by atoms with Gasteiger partial charge >= 0.3 is 0 Å². The SMILES string of the molecule is CC#CCOc1ccccc1S(=O)(=O)CC1(C(=O)NO)CCN(C(=O)CN2CCN(C)CC2)CC1. The quantitative estimate of drug-likeness (QED) is 0.292. The third-order valence-electron chi connectivity index (χ3n) is 6.74. The first kappa shape index (κ1) is 26.9. The van der Waals surface area contributed by atoms with E-state index >= 15 is 0 Å². The van der Waals surface area contributed by atoms with E-state index in [0.29, 0.717) is 6.54 Å². The summed E-state index contributed by atoms with van der Waals surface area (Å²) in [5.74, 6) is 4.28. The van der Waals surface area contributed by atoms with Crippen molar-refractivity contribution in [2.24, 2.45) is 5.41 Å². The summed E-state index contributed by atoms with van der Waals surface area (Å²) in [6, 6.07) is 6.23. The van der Waals surface area contributed by atoms with Gasteiger partial charge in [-0.15, -0.1) is 5.92 Å². The van der Waals surface area contributed by atoms with Crippen molar-refractivity contribution >= 4 is 21.7 Å². The summed E-state index contributed by atoms with van der Waals surface area (Å²) in [6.45, 7) is 5.91. The minimum absolute atomic E-state index is 0.0309. The van der Waals surface area contributed by atoms with Crippen LogP contribution in [-0.4, -0.2) is 105 Å². The van der Waals surface area contributed by atoms with Crippen LogP contribution in [0.5, 0.6) is 5.75 Å². The topological polar surface area (TPSA) is 119 Å². The van der Waals surface area contributed by atoms with Crippen LogP contribution in [0.3, 0.4) is 0 Å². The highest BCUT2D eigenvalue weighted by molar-refractivity contribution is 7.91. The average molecular weight is 507 g/mol. The summed E-state index contributed by atoms with van der Waals surface area (Å²) in [5.41, 5.74) is 0.284. The molecule has 2 heterocycles. The number of hydrogen-bond donors (Lipinski definition) is 2. The predicted octanol–water partition coefficient (Wildman–Crippen LogP) is 0.224. The van der Waals surface area contributed by atoms with Crippen molar-refractivity contribution in [2.75, 3.05) is 65.2 Å². The first-order valence-electron chi connectivity index (χ1n) is 11.7. The van der Waals surface area contributed by atoms with Crippen molar-refractivity contribution in [1.29, 1.82) is 0 Å². The Hall–Kier alpha value is -2.65. The van der Waals surface area contributed by atoms with Crippen LogP contribution in [0, 0.1) is 17.3 Å². The average Bonchev–Trinajstić information content (AvgIpc) is 2.85. The molecule has 35 heavy (non-hydrogen) atoms. The zero-order valence-electron chi connectivity index (χ0n) is 20.3. The van der Waals surface area contributed by atoms with Crippen LogP contribution in [0.1, 0.15) is 19.8 Å². The molecule has 3 rings (SSSR count). The van der Waals surface area contributed by atoms with Crippen LogP contribution >= 0.6 is 0 Å². The van der Waals surface area contributed by atoms with E-state index < -0.39 is 26.9 Å². The Bertz CT molecular complexity index is 1060. The molecule has 192 valence electrons. The van der Waals surface area contributed by atoms with Crippen molar-refractivity contribution in [3.05, 3.63) is 24.3 Å². The van der Waals surface area contributed by atoms with Gasteiger partial charge in [0.05, 0.1) is 17.7 Å². The van der Waals surface area contributed by atoms with Gasteiger partial charge in [-0.3, -0.25) is 19.7 Å². The fourth-order valence-electron chi connectivity index (χ4n) is 4.49. The van der Waals surface area contributed by atoms with Crippen molar-refractivity contribution in [2.45, 2.75) is 24.7 Å². The summed E-state index contributed by atoms with van der Waals surface area (Å²) in [4.78, 5) is 31.5. The van der Waals surface area contributed by atoms with Gasteiger partial charge in [-0.2, -0.15) is 0 Å². The molecule has 2 aliphatic heterocycles. The van der Waals surface area contributed by atoms with E-state index in [2.05, 4.69) is 21.6 Å². The van der Waals surface area contributed by atoms with Gasteiger partial charge in [-0.1, -0.05) is 18.1 Å². The Morgan fingerprint density at radius 3 is 2.40 bits per heavy atom. The second-order valence-electron chi connectivity index (χ2n) is 9.10. The molecule has 0 radical (unpaired) electrons. The van der Waals surface area contributed by atoms with Gasteiger partial charge in [0.2, 0.25) is 5.91 Å². The number of carbonyl (C=O) groups is 2. The maximum atomic E-state index is 13.4. The molecular formula is C24H34N4O6S. The van der Waals surface area contributed by atoms with Crippen molar-refractivity contribution in [3.8, 4) is 17.6 Å². The fraction of sp³-hybridized carbons (Fsp3) is 0.583. The van der Waals surface area contributed by atoms with Gasteiger partial charge in [-0.25, -0.2) is 13.9 Å². The highest BCUT2D eigenvalue weighted by Gasteiger charge is 2.46. The molecule has 11 heteroatoms. The van der Waals surface area contributed by atoms with Gasteiger partial charge in [0.25, 0.3) is 5.91 Å². The molecule has 2 aliphatic rings. The highest BCUT2D eigenvalue weighted by atomic mass is 32.2. The number of benzene rings is 1. The van der Waals surface area contributed by atoms with E-state index in [1.54, 1.807) is 35.5 Å². The van der Waals surface area contributed by atoms with Crippen molar-refractivity contribution < 1.29 is 28.0 Å². The predicted molar refractivity (Wildman–Crippen MR) is 130 cm³/mol. The second-order valence-corrected chi connectivity index (χ2v) is 11.1. The lowest BCUT2D eigenvalue weighted by molar-refractivity contribution is -0.145. The van der Waals surface area contributed by atoms with Crippen LogP contribution in [0.4, 0.5) is 0 Å². The number of likely N-dealkylation sites (tertiary alicyclic amines) is 1. The molecule has 2 fully saturated rings. The Morgan fingerprint density at radius 1 is 1.11 bits per heavy atom. The normalized spacial score (nSPS) is 18.9. The Morgan fingerprint density at radius 2 is 1.77 bits per heavy atom.